The van der Waals surface area contributed by atoms with Gasteiger partial charge in [0, 0.05) is 30.3 Å². The fourth-order valence-electron chi connectivity index (χ4n) is 3.65. The molecule has 1 heterocycles. The van der Waals surface area contributed by atoms with E-state index >= 15 is 0 Å². The summed E-state index contributed by atoms with van der Waals surface area (Å²) in [5.74, 6) is -0.464. The van der Waals surface area contributed by atoms with Crippen LogP contribution in [0.15, 0.2) is 24.3 Å². The quantitative estimate of drug-likeness (QED) is 0.515. The summed E-state index contributed by atoms with van der Waals surface area (Å²) in [5, 5.41) is 8.02. The van der Waals surface area contributed by atoms with Crippen LogP contribution in [0.4, 0.5) is 16.2 Å². The zero-order valence-corrected chi connectivity index (χ0v) is 15.6. The number of imide groups is 1. The molecule has 0 bridgehead atoms. The van der Waals surface area contributed by atoms with Gasteiger partial charge in [-0.05, 0) is 49.6 Å². The van der Waals surface area contributed by atoms with Crippen molar-refractivity contribution >= 4 is 35.1 Å². The van der Waals surface area contributed by atoms with Gasteiger partial charge in [0.25, 0.3) is 0 Å². The standard InChI is InChI=1S/C19H25N5O4/c20-10-12-2-1-3-15(12)18(27)23-14-6-4-13(5-7-14)22-16(25)8-9-24-17(26)11-21-19(24)28/h4-7,12,15H,1-3,8-11,20H2,(H,21,28)(H,22,25)(H,23,27)/t12-,15-/m1/s1. The number of hydrogen-bond acceptors (Lipinski definition) is 5. The van der Waals surface area contributed by atoms with Crippen LogP contribution in [0, 0.1) is 11.8 Å². The summed E-state index contributed by atoms with van der Waals surface area (Å²) in [6.07, 6.45) is 2.89. The van der Waals surface area contributed by atoms with E-state index < -0.39 is 6.03 Å². The van der Waals surface area contributed by atoms with Crippen molar-refractivity contribution in [1.82, 2.24) is 10.2 Å². The van der Waals surface area contributed by atoms with Gasteiger partial charge in [0.1, 0.15) is 0 Å². The summed E-state index contributed by atoms with van der Waals surface area (Å²) in [5.41, 5.74) is 6.96. The highest BCUT2D eigenvalue weighted by Gasteiger charge is 2.32. The molecule has 0 radical (unpaired) electrons. The topological polar surface area (TPSA) is 134 Å². The van der Waals surface area contributed by atoms with E-state index in [2.05, 4.69) is 16.0 Å². The Hall–Kier alpha value is -2.94. The lowest BCUT2D eigenvalue weighted by atomic mass is 9.95. The lowest BCUT2D eigenvalue weighted by Crippen LogP contribution is -2.33. The Morgan fingerprint density at radius 1 is 1.11 bits per heavy atom. The summed E-state index contributed by atoms with van der Waals surface area (Å²) in [4.78, 5) is 48.4. The smallest absolute Gasteiger partial charge is 0.324 e. The lowest BCUT2D eigenvalue weighted by molar-refractivity contribution is -0.125. The van der Waals surface area contributed by atoms with Crippen molar-refractivity contribution in [1.29, 1.82) is 0 Å². The number of carbonyl (C=O) groups excluding carboxylic acids is 4. The first-order valence-corrected chi connectivity index (χ1v) is 9.47. The van der Waals surface area contributed by atoms with Crippen molar-refractivity contribution < 1.29 is 19.2 Å². The molecule has 9 heteroatoms. The first-order valence-electron chi connectivity index (χ1n) is 9.47. The zero-order chi connectivity index (χ0) is 20.1. The predicted molar refractivity (Wildman–Crippen MR) is 103 cm³/mol. The number of urea groups is 1. The average Bonchev–Trinajstić information content (AvgIpc) is 3.28. The molecule has 1 aliphatic heterocycles. The predicted octanol–water partition coefficient (Wildman–Crippen LogP) is 0.880. The van der Waals surface area contributed by atoms with Gasteiger partial charge in [0.2, 0.25) is 17.7 Å². The molecule has 1 saturated heterocycles. The second-order valence-electron chi connectivity index (χ2n) is 7.10. The van der Waals surface area contributed by atoms with E-state index in [9.17, 15) is 19.2 Å². The van der Waals surface area contributed by atoms with Gasteiger partial charge in [0.15, 0.2) is 0 Å². The Labute approximate surface area is 163 Å². The van der Waals surface area contributed by atoms with Gasteiger partial charge in [-0.1, -0.05) is 6.42 Å². The second kappa shape index (κ2) is 8.83. The number of anilines is 2. The Morgan fingerprint density at radius 2 is 1.79 bits per heavy atom. The largest absolute Gasteiger partial charge is 0.330 e. The molecule has 28 heavy (non-hydrogen) atoms. The third kappa shape index (κ3) is 4.66. The van der Waals surface area contributed by atoms with E-state index in [-0.39, 0.29) is 49.1 Å². The van der Waals surface area contributed by atoms with Crippen molar-refractivity contribution in [3.8, 4) is 0 Å². The van der Waals surface area contributed by atoms with Crippen LogP contribution in [0.25, 0.3) is 0 Å². The molecule has 1 aromatic rings. The molecule has 1 aliphatic carbocycles. The molecule has 0 aromatic heterocycles. The van der Waals surface area contributed by atoms with E-state index in [0.29, 0.717) is 17.9 Å². The maximum atomic E-state index is 12.4. The summed E-state index contributed by atoms with van der Waals surface area (Å²) < 4.78 is 0. The molecule has 0 spiro atoms. The summed E-state index contributed by atoms with van der Waals surface area (Å²) in [6.45, 7) is 0.530. The van der Waals surface area contributed by atoms with Crippen LogP contribution in [0.1, 0.15) is 25.7 Å². The SMILES string of the molecule is NC[C@H]1CCC[C@H]1C(=O)Nc1ccc(NC(=O)CCN2C(=O)CNC2=O)cc1. The molecule has 2 aliphatic rings. The molecule has 150 valence electrons. The molecule has 5 N–H and O–H groups in total. The molecule has 0 unspecified atom stereocenters. The van der Waals surface area contributed by atoms with Crippen LogP contribution in [-0.4, -0.2) is 48.3 Å². The lowest BCUT2D eigenvalue weighted by Gasteiger charge is -2.17. The molecule has 9 nitrogen and oxygen atoms in total. The minimum atomic E-state index is -0.475. The van der Waals surface area contributed by atoms with Crippen molar-refractivity contribution in [2.45, 2.75) is 25.7 Å². The number of nitrogens with two attached hydrogens (primary N) is 1. The number of nitrogens with zero attached hydrogens (tertiary/aromatic N) is 1. The van der Waals surface area contributed by atoms with Gasteiger partial charge >= 0.3 is 6.03 Å². The van der Waals surface area contributed by atoms with Crippen molar-refractivity contribution in [3.05, 3.63) is 24.3 Å². The molecule has 5 amide bonds. The van der Waals surface area contributed by atoms with Gasteiger partial charge in [-0.15, -0.1) is 0 Å². The van der Waals surface area contributed by atoms with Crippen molar-refractivity contribution in [2.75, 3.05) is 30.3 Å². The molecule has 1 saturated carbocycles. The number of hydrogen-bond donors (Lipinski definition) is 4. The number of amides is 5. The first-order chi connectivity index (χ1) is 13.5. The van der Waals surface area contributed by atoms with Crippen LogP contribution in [0.5, 0.6) is 0 Å². The summed E-state index contributed by atoms with van der Waals surface area (Å²) in [7, 11) is 0. The summed E-state index contributed by atoms with van der Waals surface area (Å²) >= 11 is 0. The normalized spacial score (nSPS) is 21.5. The summed E-state index contributed by atoms with van der Waals surface area (Å²) in [6, 6.07) is 6.35. The van der Waals surface area contributed by atoms with Crippen LogP contribution in [-0.2, 0) is 14.4 Å². The van der Waals surface area contributed by atoms with E-state index in [0.717, 1.165) is 24.2 Å². The van der Waals surface area contributed by atoms with Gasteiger partial charge in [-0.25, -0.2) is 4.79 Å². The molecule has 1 aromatic carbocycles. The number of benzene rings is 1. The highest BCUT2D eigenvalue weighted by atomic mass is 16.2. The van der Waals surface area contributed by atoms with Crippen LogP contribution >= 0.6 is 0 Å². The molecular formula is C19H25N5O4. The van der Waals surface area contributed by atoms with Gasteiger partial charge in [0.05, 0.1) is 6.54 Å². The molecule has 2 atom stereocenters. The van der Waals surface area contributed by atoms with Crippen LogP contribution < -0.4 is 21.7 Å². The molecule has 2 fully saturated rings. The first kappa shape index (κ1) is 19.8. The fourth-order valence-corrected chi connectivity index (χ4v) is 3.65. The van der Waals surface area contributed by atoms with Crippen LogP contribution in [0.3, 0.4) is 0 Å². The Morgan fingerprint density at radius 3 is 2.39 bits per heavy atom. The van der Waals surface area contributed by atoms with Gasteiger partial charge in [-0.3, -0.25) is 19.3 Å². The van der Waals surface area contributed by atoms with Gasteiger partial charge < -0.3 is 21.7 Å². The number of carbonyl (C=O) groups is 4. The number of rotatable bonds is 7. The van der Waals surface area contributed by atoms with E-state index in [1.807, 2.05) is 0 Å². The zero-order valence-electron chi connectivity index (χ0n) is 15.6. The van der Waals surface area contributed by atoms with E-state index in [4.69, 9.17) is 5.73 Å². The van der Waals surface area contributed by atoms with E-state index in [1.54, 1.807) is 24.3 Å². The van der Waals surface area contributed by atoms with Crippen LogP contribution in [0.2, 0.25) is 0 Å². The number of nitrogens with one attached hydrogen (secondary N) is 3. The Kier molecular flexibility index (Phi) is 6.25. The fraction of sp³-hybridized carbons (Fsp3) is 0.474. The van der Waals surface area contributed by atoms with E-state index in [1.165, 1.54) is 0 Å². The molecule has 3 rings (SSSR count). The minimum Gasteiger partial charge on any atom is -0.330 e. The highest BCUT2D eigenvalue weighted by molar-refractivity contribution is 6.02. The second-order valence-corrected chi connectivity index (χ2v) is 7.10. The Bertz CT molecular complexity index is 748. The average molecular weight is 387 g/mol. The monoisotopic (exact) mass is 387 g/mol. The van der Waals surface area contributed by atoms with Crippen molar-refractivity contribution in [2.24, 2.45) is 17.6 Å². The minimum absolute atomic E-state index is 0.0137. The third-order valence-electron chi connectivity index (χ3n) is 5.23. The maximum Gasteiger partial charge on any atom is 0.324 e. The third-order valence-corrected chi connectivity index (χ3v) is 5.23. The highest BCUT2D eigenvalue weighted by Crippen LogP contribution is 2.31. The Balaban J connectivity index is 1.47. The van der Waals surface area contributed by atoms with Crippen molar-refractivity contribution in [3.63, 3.8) is 0 Å². The maximum absolute atomic E-state index is 12.4. The van der Waals surface area contributed by atoms with Gasteiger partial charge in [-0.2, -0.15) is 0 Å². The molecular weight excluding hydrogens is 362 g/mol.